The van der Waals surface area contributed by atoms with E-state index < -0.39 is 0 Å². The molecule has 0 bridgehead atoms. The summed E-state index contributed by atoms with van der Waals surface area (Å²) >= 11 is 12.5. The summed E-state index contributed by atoms with van der Waals surface area (Å²) in [4.78, 5) is 4.98. The highest BCUT2D eigenvalue weighted by atomic mass is 35.5. The molecule has 1 aliphatic heterocycles. The van der Waals surface area contributed by atoms with Crippen molar-refractivity contribution in [2.75, 3.05) is 37.6 Å². The predicted octanol–water partition coefficient (Wildman–Crippen LogP) is 4.05. The lowest BCUT2D eigenvalue weighted by molar-refractivity contribution is -0.0507. The summed E-state index contributed by atoms with van der Waals surface area (Å²) in [5.41, 5.74) is 7.68. The average molecular weight is 391 g/mol. The number of piperazine rings is 1. The molecule has 3 fully saturated rings. The fourth-order valence-corrected chi connectivity index (χ4v) is 5.37. The standard InChI is InChI=1S/C18H25Cl2N3.ClH/c19-15-2-1-3-16(17(15)20)23-6-4-22(5-7-23)12-13-8-18(9-13)10-14(21)11-18;/h1-3,13-14H,4-12,21H2;1H. The summed E-state index contributed by atoms with van der Waals surface area (Å²) in [5, 5.41) is 1.33. The van der Waals surface area contributed by atoms with Gasteiger partial charge < -0.3 is 10.6 Å². The number of hydrogen-bond donors (Lipinski definition) is 1. The molecule has 2 N–H and O–H groups in total. The molecular weight excluding hydrogens is 365 g/mol. The van der Waals surface area contributed by atoms with E-state index in [1.807, 2.05) is 12.1 Å². The highest BCUT2D eigenvalue weighted by Crippen LogP contribution is 2.58. The number of nitrogens with two attached hydrogens (primary N) is 1. The van der Waals surface area contributed by atoms with Crippen LogP contribution in [0.2, 0.25) is 10.0 Å². The summed E-state index contributed by atoms with van der Waals surface area (Å²) in [6, 6.07) is 6.39. The predicted molar refractivity (Wildman–Crippen MR) is 105 cm³/mol. The van der Waals surface area contributed by atoms with Crippen LogP contribution >= 0.6 is 35.6 Å². The van der Waals surface area contributed by atoms with Crippen molar-refractivity contribution in [3.8, 4) is 0 Å². The molecule has 1 aromatic rings. The first-order valence-corrected chi connectivity index (χ1v) is 9.47. The van der Waals surface area contributed by atoms with Crippen molar-refractivity contribution in [2.45, 2.75) is 31.7 Å². The number of rotatable bonds is 3. The van der Waals surface area contributed by atoms with Gasteiger partial charge in [0.25, 0.3) is 0 Å². The molecule has 3 nitrogen and oxygen atoms in total. The third kappa shape index (κ3) is 3.52. The normalized spacial score (nSPS) is 32.9. The lowest BCUT2D eigenvalue weighted by Crippen LogP contribution is -2.56. The fraction of sp³-hybridized carbons (Fsp3) is 0.667. The van der Waals surface area contributed by atoms with Crippen molar-refractivity contribution < 1.29 is 0 Å². The molecule has 24 heavy (non-hydrogen) atoms. The molecule has 0 unspecified atom stereocenters. The average Bonchev–Trinajstić information content (AvgIpc) is 2.47. The maximum absolute atomic E-state index is 6.35. The van der Waals surface area contributed by atoms with Crippen LogP contribution in [0.1, 0.15) is 25.7 Å². The largest absolute Gasteiger partial charge is 0.368 e. The minimum atomic E-state index is 0. The van der Waals surface area contributed by atoms with Gasteiger partial charge in [-0.1, -0.05) is 29.3 Å². The molecular formula is C18H26Cl3N3. The van der Waals surface area contributed by atoms with Gasteiger partial charge in [-0.3, -0.25) is 4.90 Å². The molecule has 1 heterocycles. The number of nitrogens with zero attached hydrogens (tertiary/aromatic N) is 2. The van der Waals surface area contributed by atoms with Crippen molar-refractivity contribution in [3.05, 3.63) is 28.2 Å². The van der Waals surface area contributed by atoms with Gasteiger partial charge in [-0.25, -0.2) is 0 Å². The number of hydrogen-bond acceptors (Lipinski definition) is 3. The second kappa shape index (κ2) is 7.20. The van der Waals surface area contributed by atoms with E-state index in [0.29, 0.717) is 21.5 Å². The van der Waals surface area contributed by atoms with Crippen molar-refractivity contribution in [1.29, 1.82) is 0 Å². The van der Waals surface area contributed by atoms with E-state index in [9.17, 15) is 0 Å². The lowest BCUT2D eigenvalue weighted by atomic mass is 9.50. The Balaban J connectivity index is 0.00000169. The smallest absolute Gasteiger partial charge is 0.0825 e. The molecule has 2 aliphatic carbocycles. The zero-order valence-corrected chi connectivity index (χ0v) is 16.2. The summed E-state index contributed by atoms with van der Waals surface area (Å²) in [6.45, 7) is 5.55. The Morgan fingerprint density at radius 3 is 2.33 bits per heavy atom. The van der Waals surface area contributed by atoms with E-state index in [4.69, 9.17) is 28.9 Å². The molecule has 0 radical (unpaired) electrons. The summed E-state index contributed by atoms with van der Waals surface area (Å²) in [6.07, 6.45) is 5.34. The fourth-order valence-electron chi connectivity index (χ4n) is 4.95. The Labute approximate surface area is 160 Å². The number of halogens is 3. The minimum Gasteiger partial charge on any atom is -0.368 e. The molecule has 134 valence electrons. The summed E-state index contributed by atoms with van der Waals surface area (Å²) in [5.74, 6) is 0.892. The third-order valence-corrected chi connectivity index (χ3v) is 6.80. The first-order valence-electron chi connectivity index (χ1n) is 8.72. The highest BCUT2D eigenvalue weighted by Gasteiger charge is 2.51. The van der Waals surface area contributed by atoms with Crippen molar-refractivity contribution in [2.24, 2.45) is 17.1 Å². The Kier molecular flexibility index (Phi) is 5.58. The molecule has 0 atom stereocenters. The first kappa shape index (κ1) is 18.6. The molecule has 6 heteroatoms. The Morgan fingerprint density at radius 1 is 1.04 bits per heavy atom. The van der Waals surface area contributed by atoms with Gasteiger partial charge in [0.2, 0.25) is 0 Å². The highest BCUT2D eigenvalue weighted by molar-refractivity contribution is 6.43. The van der Waals surface area contributed by atoms with Crippen LogP contribution in [0, 0.1) is 11.3 Å². The van der Waals surface area contributed by atoms with Gasteiger partial charge in [0.15, 0.2) is 0 Å². The van der Waals surface area contributed by atoms with Crippen molar-refractivity contribution >= 4 is 41.3 Å². The second-order valence-electron chi connectivity index (χ2n) is 7.80. The van der Waals surface area contributed by atoms with Crippen LogP contribution in [-0.4, -0.2) is 43.7 Å². The van der Waals surface area contributed by atoms with E-state index in [-0.39, 0.29) is 12.4 Å². The van der Waals surface area contributed by atoms with Crippen LogP contribution in [0.3, 0.4) is 0 Å². The van der Waals surface area contributed by atoms with E-state index in [2.05, 4.69) is 15.9 Å². The van der Waals surface area contributed by atoms with Gasteiger partial charge >= 0.3 is 0 Å². The molecule has 3 aliphatic rings. The second-order valence-corrected chi connectivity index (χ2v) is 8.59. The van der Waals surface area contributed by atoms with E-state index in [0.717, 1.165) is 37.8 Å². The van der Waals surface area contributed by atoms with Gasteiger partial charge in [0, 0.05) is 38.8 Å². The van der Waals surface area contributed by atoms with Crippen LogP contribution in [0.15, 0.2) is 18.2 Å². The molecule has 2 saturated carbocycles. The molecule has 1 spiro atoms. The van der Waals surface area contributed by atoms with E-state index >= 15 is 0 Å². The van der Waals surface area contributed by atoms with Crippen molar-refractivity contribution in [1.82, 2.24) is 4.90 Å². The van der Waals surface area contributed by atoms with Gasteiger partial charge in [0.05, 0.1) is 15.7 Å². The van der Waals surface area contributed by atoms with Gasteiger partial charge in [-0.15, -0.1) is 12.4 Å². The third-order valence-electron chi connectivity index (χ3n) is 5.99. The molecule has 4 rings (SSSR count). The van der Waals surface area contributed by atoms with Crippen LogP contribution < -0.4 is 10.6 Å². The Morgan fingerprint density at radius 2 is 1.71 bits per heavy atom. The van der Waals surface area contributed by atoms with Gasteiger partial charge in [0.1, 0.15) is 0 Å². The lowest BCUT2D eigenvalue weighted by Gasteiger charge is -2.58. The SMILES string of the molecule is Cl.NC1CC2(C1)CC(CN1CCN(c3cccc(Cl)c3Cl)CC1)C2. The zero-order chi connectivity index (χ0) is 16.0. The zero-order valence-electron chi connectivity index (χ0n) is 13.9. The monoisotopic (exact) mass is 389 g/mol. The summed E-state index contributed by atoms with van der Waals surface area (Å²) < 4.78 is 0. The molecule has 1 aromatic carbocycles. The molecule has 0 aromatic heterocycles. The van der Waals surface area contributed by atoms with E-state index in [1.165, 1.54) is 32.2 Å². The van der Waals surface area contributed by atoms with Crippen LogP contribution in [0.4, 0.5) is 5.69 Å². The molecule has 0 amide bonds. The number of anilines is 1. The van der Waals surface area contributed by atoms with Crippen molar-refractivity contribution in [3.63, 3.8) is 0 Å². The first-order chi connectivity index (χ1) is 11.0. The Bertz CT molecular complexity index is 573. The van der Waals surface area contributed by atoms with Crippen LogP contribution in [0.5, 0.6) is 0 Å². The van der Waals surface area contributed by atoms with Crippen LogP contribution in [-0.2, 0) is 0 Å². The summed E-state index contributed by atoms with van der Waals surface area (Å²) in [7, 11) is 0. The van der Waals surface area contributed by atoms with E-state index in [1.54, 1.807) is 0 Å². The Hall–Kier alpha value is -0.190. The number of benzene rings is 1. The topological polar surface area (TPSA) is 32.5 Å². The minimum absolute atomic E-state index is 0. The maximum Gasteiger partial charge on any atom is 0.0825 e. The van der Waals surface area contributed by atoms with Gasteiger partial charge in [-0.05, 0) is 49.1 Å². The van der Waals surface area contributed by atoms with Gasteiger partial charge in [-0.2, -0.15) is 0 Å². The molecule has 1 saturated heterocycles. The maximum atomic E-state index is 6.35. The van der Waals surface area contributed by atoms with Crippen LogP contribution in [0.25, 0.3) is 0 Å². The quantitative estimate of drug-likeness (QED) is 0.845.